The summed E-state index contributed by atoms with van der Waals surface area (Å²) in [5, 5.41) is 3.46. The van der Waals surface area contributed by atoms with Crippen molar-refractivity contribution in [2.24, 2.45) is 0 Å². The molecule has 0 radical (unpaired) electrons. The summed E-state index contributed by atoms with van der Waals surface area (Å²) in [6.45, 7) is 7.89. The molecular weight excluding hydrogens is 282 g/mol. The van der Waals surface area contributed by atoms with E-state index in [0.29, 0.717) is 11.7 Å². The number of hydrogen-bond donors (Lipinski definition) is 1. The van der Waals surface area contributed by atoms with Gasteiger partial charge in [0.2, 0.25) is 0 Å². The molecule has 1 atom stereocenters. The monoisotopic (exact) mass is 311 g/mol. The lowest BCUT2D eigenvalue weighted by molar-refractivity contribution is 0.538. The Bertz CT molecular complexity index is 494. The zero-order valence-corrected chi connectivity index (χ0v) is 14.4. The number of rotatable bonds is 10. The summed E-state index contributed by atoms with van der Waals surface area (Å²) in [5.41, 5.74) is 2.56. The van der Waals surface area contributed by atoms with Crippen molar-refractivity contribution in [2.75, 3.05) is 24.6 Å². The summed E-state index contributed by atoms with van der Waals surface area (Å²) >= 11 is 0. The highest BCUT2D eigenvalue weighted by atomic mass is 32.2. The van der Waals surface area contributed by atoms with Crippen LogP contribution in [0.4, 0.5) is 0 Å². The molecule has 0 heterocycles. The Labute approximate surface area is 130 Å². The number of aryl methyl sites for hydroxylation is 1. The van der Waals surface area contributed by atoms with Crippen LogP contribution < -0.4 is 5.32 Å². The standard InChI is InChI=1S/C17H29NO2S/c1-4-12-18-14-17(7-6-13-21(19,20)5-2)16-10-8-15(3)9-11-16/h8-11,17-18H,4-7,12-14H2,1-3H3. The van der Waals surface area contributed by atoms with Gasteiger partial charge in [0.05, 0.1) is 5.75 Å². The summed E-state index contributed by atoms with van der Waals surface area (Å²) in [5.74, 6) is 0.944. The van der Waals surface area contributed by atoms with Crippen molar-refractivity contribution in [1.29, 1.82) is 0 Å². The minimum absolute atomic E-state index is 0.246. The van der Waals surface area contributed by atoms with Gasteiger partial charge in [-0.05, 0) is 44.2 Å². The van der Waals surface area contributed by atoms with Crippen molar-refractivity contribution in [1.82, 2.24) is 5.32 Å². The highest BCUT2D eigenvalue weighted by Crippen LogP contribution is 2.21. The van der Waals surface area contributed by atoms with Crippen LogP contribution >= 0.6 is 0 Å². The second kappa shape index (κ2) is 9.21. The molecule has 1 aromatic carbocycles. The lowest BCUT2D eigenvalue weighted by Crippen LogP contribution is -2.23. The van der Waals surface area contributed by atoms with Crippen LogP contribution in [0.2, 0.25) is 0 Å². The van der Waals surface area contributed by atoms with Gasteiger partial charge in [-0.25, -0.2) is 8.42 Å². The van der Waals surface area contributed by atoms with Crippen LogP contribution in [0, 0.1) is 6.92 Å². The minimum atomic E-state index is -2.85. The summed E-state index contributed by atoms with van der Waals surface area (Å²) in [6.07, 6.45) is 2.77. The van der Waals surface area contributed by atoms with Gasteiger partial charge in [-0.2, -0.15) is 0 Å². The third-order valence-electron chi connectivity index (χ3n) is 3.81. The van der Waals surface area contributed by atoms with Gasteiger partial charge in [0.25, 0.3) is 0 Å². The number of sulfone groups is 1. The first-order valence-corrected chi connectivity index (χ1v) is 9.78. The smallest absolute Gasteiger partial charge is 0.150 e. The molecule has 0 aliphatic rings. The van der Waals surface area contributed by atoms with Gasteiger partial charge < -0.3 is 5.32 Å². The van der Waals surface area contributed by atoms with E-state index in [1.165, 1.54) is 11.1 Å². The lowest BCUT2D eigenvalue weighted by atomic mass is 9.93. The molecule has 0 aromatic heterocycles. The molecule has 4 heteroatoms. The van der Waals surface area contributed by atoms with E-state index >= 15 is 0 Å². The first-order chi connectivity index (χ1) is 9.98. The molecule has 0 spiro atoms. The fourth-order valence-corrected chi connectivity index (χ4v) is 3.27. The Morgan fingerprint density at radius 2 is 1.81 bits per heavy atom. The Kier molecular flexibility index (Phi) is 7.97. The van der Waals surface area contributed by atoms with Crippen molar-refractivity contribution in [2.45, 2.75) is 46.0 Å². The van der Waals surface area contributed by atoms with Crippen LogP contribution in [0.1, 0.15) is 50.2 Å². The number of nitrogens with one attached hydrogen (secondary N) is 1. The third-order valence-corrected chi connectivity index (χ3v) is 5.60. The predicted octanol–water partition coefficient (Wildman–Crippen LogP) is 3.29. The molecule has 1 unspecified atom stereocenters. The lowest BCUT2D eigenvalue weighted by Gasteiger charge is -2.18. The first-order valence-electron chi connectivity index (χ1n) is 7.96. The van der Waals surface area contributed by atoms with E-state index in [-0.39, 0.29) is 5.75 Å². The normalized spacial score (nSPS) is 13.3. The van der Waals surface area contributed by atoms with E-state index in [1.54, 1.807) is 6.92 Å². The summed E-state index contributed by atoms with van der Waals surface area (Å²) in [7, 11) is -2.85. The van der Waals surface area contributed by atoms with Crippen LogP contribution in [0.15, 0.2) is 24.3 Å². The molecular formula is C17H29NO2S. The molecule has 0 aliphatic heterocycles. The van der Waals surface area contributed by atoms with E-state index in [2.05, 4.69) is 43.4 Å². The average Bonchev–Trinajstić information content (AvgIpc) is 2.47. The number of hydrogen-bond acceptors (Lipinski definition) is 3. The molecule has 0 amide bonds. The Morgan fingerprint density at radius 3 is 2.38 bits per heavy atom. The topological polar surface area (TPSA) is 46.2 Å². The van der Waals surface area contributed by atoms with Crippen molar-refractivity contribution in [3.8, 4) is 0 Å². The molecule has 21 heavy (non-hydrogen) atoms. The Hall–Kier alpha value is -0.870. The SMILES string of the molecule is CCCNCC(CCCS(=O)(=O)CC)c1ccc(C)cc1. The fourth-order valence-electron chi connectivity index (χ4n) is 2.37. The van der Waals surface area contributed by atoms with E-state index in [1.807, 2.05) is 0 Å². The van der Waals surface area contributed by atoms with E-state index in [0.717, 1.165) is 32.4 Å². The molecule has 1 rings (SSSR count). The van der Waals surface area contributed by atoms with Gasteiger partial charge in [-0.3, -0.25) is 0 Å². The number of benzene rings is 1. The van der Waals surface area contributed by atoms with Gasteiger partial charge in [-0.1, -0.05) is 43.7 Å². The van der Waals surface area contributed by atoms with Gasteiger partial charge >= 0.3 is 0 Å². The zero-order chi connectivity index (χ0) is 15.7. The molecule has 3 nitrogen and oxygen atoms in total. The Balaban J connectivity index is 2.62. The molecule has 0 bridgehead atoms. The zero-order valence-electron chi connectivity index (χ0n) is 13.6. The van der Waals surface area contributed by atoms with Gasteiger partial charge in [0, 0.05) is 12.3 Å². The third kappa shape index (κ3) is 7.09. The van der Waals surface area contributed by atoms with E-state index in [4.69, 9.17) is 0 Å². The van der Waals surface area contributed by atoms with Crippen LogP contribution in [0.5, 0.6) is 0 Å². The minimum Gasteiger partial charge on any atom is -0.316 e. The largest absolute Gasteiger partial charge is 0.316 e. The maximum absolute atomic E-state index is 11.6. The maximum Gasteiger partial charge on any atom is 0.150 e. The maximum atomic E-state index is 11.6. The first kappa shape index (κ1) is 18.2. The van der Waals surface area contributed by atoms with Crippen molar-refractivity contribution in [3.63, 3.8) is 0 Å². The van der Waals surface area contributed by atoms with Gasteiger partial charge in [0.1, 0.15) is 9.84 Å². The second-order valence-corrected chi connectivity index (χ2v) is 8.16. The predicted molar refractivity (Wildman–Crippen MR) is 90.6 cm³/mol. The van der Waals surface area contributed by atoms with Crippen molar-refractivity contribution < 1.29 is 8.42 Å². The fraction of sp³-hybridized carbons (Fsp3) is 0.647. The molecule has 0 saturated heterocycles. The van der Waals surface area contributed by atoms with Crippen LogP contribution in [-0.4, -0.2) is 33.0 Å². The van der Waals surface area contributed by atoms with Crippen LogP contribution in [-0.2, 0) is 9.84 Å². The molecule has 0 aliphatic carbocycles. The van der Waals surface area contributed by atoms with Crippen molar-refractivity contribution >= 4 is 9.84 Å². The molecule has 120 valence electrons. The molecule has 1 aromatic rings. The van der Waals surface area contributed by atoms with Gasteiger partial charge in [-0.15, -0.1) is 0 Å². The van der Waals surface area contributed by atoms with E-state index in [9.17, 15) is 8.42 Å². The van der Waals surface area contributed by atoms with Gasteiger partial charge in [0.15, 0.2) is 0 Å². The Morgan fingerprint density at radius 1 is 1.14 bits per heavy atom. The summed E-state index contributed by atoms with van der Waals surface area (Å²) < 4.78 is 23.2. The van der Waals surface area contributed by atoms with E-state index < -0.39 is 9.84 Å². The van der Waals surface area contributed by atoms with Crippen molar-refractivity contribution in [3.05, 3.63) is 35.4 Å². The molecule has 0 fully saturated rings. The average molecular weight is 311 g/mol. The highest BCUT2D eigenvalue weighted by molar-refractivity contribution is 7.91. The molecule has 0 saturated carbocycles. The second-order valence-electron chi connectivity index (χ2n) is 5.69. The van der Waals surface area contributed by atoms with Crippen LogP contribution in [0.25, 0.3) is 0 Å². The quantitative estimate of drug-likeness (QED) is 0.674. The molecule has 1 N–H and O–H groups in total. The summed E-state index contributed by atoms with van der Waals surface area (Å²) in [6, 6.07) is 8.60. The highest BCUT2D eigenvalue weighted by Gasteiger charge is 2.14. The summed E-state index contributed by atoms with van der Waals surface area (Å²) in [4.78, 5) is 0. The van der Waals surface area contributed by atoms with Crippen LogP contribution in [0.3, 0.4) is 0 Å².